The van der Waals surface area contributed by atoms with Gasteiger partial charge in [-0.1, -0.05) is 0 Å². The predicted octanol–water partition coefficient (Wildman–Crippen LogP) is 6.66. The number of benzene rings is 1. The van der Waals surface area contributed by atoms with Crippen molar-refractivity contribution in [2.24, 2.45) is 0 Å². The maximum Gasteiger partial charge on any atom is 0.416 e. The van der Waals surface area contributed by atoms with Gasteiger partial charge in [0.2, 0.25) is 11.8 Å². The first-order chi connectivity index (χ1) is 19.5. The van der Waals surface area contributed by atoms with Gasteiger partial charge in [0, 0.05) is 24.9 Å². The third-order valence-electron chi connectivity index (χ3n) is 6.44. The molecule has 1 atom stereocenters. The van der Waals surface area contributed by atoms with Gasteiger partial charge >= 0.3 is 12.4 Å². The smallest absolute Gasteiger partial charge is 0.416 e. The summed E-state index contributed by atoms with van der Waals surface area (Å²) in [7, 11) is 1.42. The van der Waals surface area contributed by atoms with E-state index in [0.29, 0.717) is 23.7 Å². The number of nitrogens with zero attached hydrogens (tertiary/aromatic N) is 4. The van der Waals surface area contributed by atoms with Gasteiger partial charge in [-0.15, -0.1) is 0 Å². The summed E-state index contributed by atoms with van der Waals surface area (Å²) in [5.74, 6) is 1.53. The summed E-state index contributed by atoms with van der Waals surface area (Å²) in [5, 5.41) is 3.08. The van der Waals surface area contributed by atoms with Crippen molar-refractivity contribution in [2.75, 3.05) is 49.0 Å². The molecule has 3 heterocycles. The van der Waals surface area contributed by atoms with E-state index in [1.54, 1.807) is 23.9 Å². The quantitative estimate of drug-likeness (QED) is 0.193. The van der Waals surface area contributed by atoms with Gasteiger partial charge in [0.05, 0.1) is 54.7 Å². The molecule has 0 amide bonds. The largest absolute Gasteiger partial charge is 0.489 e. The number of anilines is 2. The normalized spacial score (nSPS) is 14.7. The van der Waals surface area contributed by atoms with E-state index < -0.39 is 29.5 Å². The van der Waals surface area contributed by atoms with Crippen molar-refractivity contribution in [1.29, 1.82) is 0 Å². The fourth-order valence-electron chi connectivity index (χ4n) is 4.50. The molecule has 3 aromatic rings. The van der Waals surface area contributed by atoms with Gasteiger partial charge in [0.15, 0.2) is 5.75 Å². The molecule has 41 heavy (non-hydrogen) atoms. The van der Waals surface area contributed by atoms with Gasteiger partial charge in [-0.05, 0) is 55.3 Å². The highest BCUT2D eigenvalue weighted by Gasteiger charge is 2.37. The van der Waals surface area contributed by atoms with Crippen LogP contribution in [0.25, 0.3) is 0 Å². The lowest BCUT2D eigenvalue weighted by Crippen LogP contribution is -2.25. The van der Waals surface area contributed by atoms with Crippen molar-refractivity contribution >= 4 is 23.4 Å². The lowest BCUT2D eigenvalue weighted by molar-refractivity contribution is -0.143. The molecule has 222 valence electrons. The number of aromatic nitrogens is 3. The lowest BCUT2D eigenvalue weighted by Gasteiger charge is -2.27. The van der Waals surface area contributed by atoms with Crippen LogP contribution in [0.3, 0.4) is 0 Å². The molecular weight excluding hydrogens is 572 g/mol. The van der Waals surface area contributed by atoms with Crippen LogP contribution >= 0.6 is 11.8 Å². The molecule has 1 saturated heterocycles. The standard InChI is InChI=1S/C27H29F6N5O2S/c1-39-23-6-5-22(38-7-3-4-8-38)24(37-23)21(36-25-34-15-20(16-35-25)40-9-10-41-2)13-17-11-18(26(28,29)30)14-19(12-17)27(31,32)33/h5-6,11-12,14-16,21H,3-4,7-10,13H2,1-2H3,(H,34,35,36). The van der Waals surface area contributed by atoms with Crippen molar-refractivity contribution in [2.45, 2.75) is 37.7 Å². The van der Waals surface area contributed by atoms with Gasteiger partial charge < -0.3 is 19.7 Å². The van der Waals surface area contributed by atoms with E-state index >= 15 is 0 Å². The number of thioether (sulfide) groups is 1. The summed E-state index contributed by atoms with van der Waals surface area (Å²) in [4.78, 5) is 15.2. The summed E-state index contributed by atoms with van der Waals surface area (Å²) < 4.78 is 92.5. The maximum absolute atomic E-state index is 13.6. The van der Waals surface area contributed by atoms with Gasteiger partial charge in [-0.25, -0.2) is 15.0 Å². The Morgan fingerprint density at radius 2 is 1.61 bits per heavy atom. The predicted molar refractivity (Wildman–Crippen MR) is 145 cm³/mol. The number of hydrogen-bond donors (Lipinski definition) is 1. The first kappa shape index (κ1) is 30.5. The van der Waals surface area contributed by atoms with Crippen LogP contribution in [0.4, 0.5) is 38.0 Å². The SMILES string of the molecule is COc1ccc(N2CCCC2)c(C(Cc2cc(C(F)(F)F)cc(C(F)(F)F)c2)Nc2ncc(OCCSC)cn2)n1. The first-order valence-electron chi connectivity index (χ1n) is 12.8. The topological polar surface area (TPSA) is 72.4 Å². The van der Waals surface area contributed by atoms with Crippen molar-refractivity contribution < 1.29 is 35.8 Å². The van der Waals surface area contributed by atoms with Gasteiger partial charge in [-0.2, -0.15) is 38.1 Å². The summed E-state index contributed by atoms with van der Waals surface area (Å²) >= 11 is 1.61. The van der Waals surface area contributed by atoms with Crippen molar-refractivity contribution in [3.63, 3.8) is 0 Å². The van der Waals surface area contributed by atoms with Crippen molar-refractivity contribution in [3.05, 3.63) is 65.1 Å². The average molecular weight is 602 g/mol. The van der Waals surface area contributed by atoms with Crippen LogP contribution in [-0.2, 0) is 18.8 Å². The zero-order valence-electron chi connectivity index (χ0n) is 22.3. The molecule has 14 heteroatoms. The number of alkyl halides is 6. The molecule has 0 radical (unpaired) electrons. The van der Waals surface area contributed by atoms with E-state index in [0.717, 1.165) is 43.8 Å². The van der Waals surface area contributed by atoms with Gasteiger partial charge in [-0.3, -0.25) is 0 Å². The Hall–Kier alpha value is -3.42. The zero-order chi connectivity index (χ0) is 29.6. The van der Waals surface area contributed by atoms with E-state index in [9.17, 15) is 26.3 Å². The van der Waals surface area contributed by atoms with Gasteiger partial charge in [0.1, 0.15) is 0 Å². The van der Waals surface area contributed by atoms with Crippen LogP contribution < -0.4 is 19.7 Å². The Morgan fingerprint density at radius 3 is 2.17 bits per heavy atom. The molecule has 1 N–H and O–H groups in total. The van der Waals surface area contributed by atoms with Crippen LogP contribution in [0.1, 0.15) is 41.3 Å². The second-order valence-electron chi connectivity index (χ2n) is 9.35. The molecule has 0 bridgehead atoms. The van der Waals surface area contributed by atoms with E-state index in [2.05, 4.69) is 25.2 Å². The Bertz CT molecular complexity index is 1270. The monoisotopic (exact) mass is 601 g/mol. The molecule has 0 spiro atoms. The molecule has 0 aliphatic carbocycles. The summed E-state index contributed by atoms with van der Waals surface area (Å²) in [6, 6.07) is 4.11. The highest BCUT2D eigenvalue weighted by Crippen LogP contribution is 2.38. The van der Waals surface area contributed by atoms with E-state index in [4.69, 9.17) is 9.47 Å². The number of methoxy groups -OCH3 is 1. The minimum atomic E-state index is -4.97. The third kappa shape index (κ3) is 8.08. The summed E-state index contributed by atoms with van der Waals surface area (Å²) in [5.41, 5.74) is -1.87. The van der Waals surface area contributed by atoms with Crippen LogP contribution in [0.5, 0.6) is 11.6 Å². The summed E-state index contributed by atoms with van der Waals surface area (Å²) in [6.07, 6.45) is -3.51. The number of halogens is 6. The number of hydrogen-bond acceptors (Lipinski definition) is 8. The van der Waals surface area contributed by atoms with Crippen molar-refractivity contribution in [1.82, 2.24) is 15.0 Å². The van der Waals surface area contributed by atoms with Crippen LogP contribution in [0, 0.1) is 0 Å². The molecule has 1 aromatic carbocycles. The average Bonchev–Trinajstić information content (AvgIpc) is 3.47. The molecule has 7 nitrogen and oxygen atoms in total. The van der Waals surface area contributed by atoms with Crippen LogP contribution in [0.15, 0.2) is 42.7 Å². The Balaban J connectivity index is 1.76. The number of rotatable bonds is 11. The van der Waals surface area contributed by atoms with Gasteiger partial charge in [0.25, 0.3) is 0 Å². The van der Waals surface area contributed by atoms with E-state index in [1.807, 2.05) is 6.26 Å². The zero-order valence-corrected chi connectivity index (χ0v) is 23.2. The molecule has 1 aliphatic heterocycles. The first-order valence-corrected chi connectivity index (χ1v) is 14.2. The van der Waals surface area contributed by atoms with E-state index in [-0.39, 0.29) is 29.9 Å². The molecular formula is C27H29F6N5O2S. The molecule has 2 aromatic heterocycles. The molecule has 4 rings (SSSR count). The minimum Gasteiger partial charge on any atom is -0.489 e. The Morgan fingerprint density at radius 1 is 0.976 bits per heavy atom. The van der Waals surface area contributed by atoms with Crippen molar-refractivity contribution in [3.8, 4) is 11.6 Å². The fraction of sp³-hybridized carbons (Fsp3) is 0.444. The molecule has 1 fully saturated rings. The fourth-order valence-corrected chi connectivity index (χ4v) is 4.75. The number of ether oxygens (including phenoxy) is 2. The molecule has 1 unspecified atom stereocenters. The molecule has 0 saturated carbocycles. The Kier molecular flexibility index (Phi) is 9.72. The number of pyridine rings is 1. The van der Waals surface area contributed by atoms with Crippen LogP contribution in [0.2, 0.25) is 0 Å². The second kappa shape index (κ2) is 13.0. The second-order valence-corrected chi connectivity index (χ2v) is 10.3. The maximum atomic E-state index is 13.6. The summed E-state index contributed by atoms with van der Waals surface area (Å²) in [6.45, 7) is 1.91. The molecule has 1 aliphatic rings. The highest BCUT2D eigenvalue weighted by atomic mass is 32.2. The van der Waals surface area contributed by atoms with E-state index in [1.165, 1.54) is 19.5 Å². The minimum absolute atomic E-state index is 0.104. The van der Waals surface area contributed by atoms with Crippen LogP contribution in [-0.4, -0.2) is 53.8 Å². The lowest BCUT2D eigenvalue weighted by atomic mass is 9.97. The third-order valence-corrected chi connectivity index (χ3v) is 7.01. The Labute approximate surface area is 237 Å². The highest BCUT2D eigenvalue weighted by molar-refractivity contribution is 7.98. The number of nitrogens with one attached hydrogen (secondary N) is 1.